The van der Waals surface area contributed by atoms with Crippen LogP contribution in [0.4, 0.5) is 0 Å². The van der Waals surface area contributed by atoms with E-state index in [0.29, 0.717) is 0 Å². The number of rotatable bonds is 2. The van der Waals surface area contributed by atoms with Crippen LogP contribution in [-0.4, -0.2) is 7.11 Å². The Bertz CT molecular complexity index is 269. The molecule has 0 aliphatic heterocycles. The van der Waals surface area contributed by atoms with Crippen molar-refractivity contribution in [1.82, 2.24) is 0 Å². The van der Waals surface area contributed by atoms with Gasteiger partial charge >= 0.3 is 0 Å². The molecular formula is C10H12ClO. The summed E-state index contributed by atoms with van der Waals surface area (Å²) in [7, 11) is 1.64. The molecule has 1 aromatic rings. The molecule has 0 fully saturated rings. The maximum absolute atomic E-state index is 5.95. The third-order valence-corrected chi connectivity index (χ3v) is 2.08. The Kier molecular flexibility index (Phi) is 2.99. The molecular weight excluding hydrogens is 172 g/mol. The van der Waals surface area contributed by atoms with Crippen molar-refractivity contribution in [1.29, 1.82) is 0 Å². The van der Waals surface area contributed by atoms with E-state index in [9.17, 15) is 0 Å². The number of methoxy groups -OCH3 is 1. The topological polar surface area (TPSA) is 9.23 Å². The molecule has 1 radical (unpaired) electrons. The summed E-state index contributed by atoms with van der Waals surface area (Å²) in [6, 6.07) is 5.59. The highest BCUT2D eigenvalue weighted by atomic mass is 35.5. The molecule has 1 atom stereocenters. The molecule has 1 nitrogen and oxygen atoms in total. The third-order valence-electron chi connectivity index (χ3n) is 1.73. The van der Waals surface area contributed by atoms with Crippen LogP contribution >= 0.6 is 11.6 Å². The molecule has 1 unspecified atom stereocenters. The zero-order chi connectivity index (χ0) is 9.14. The minimum absolute atomic E-state index is 0.188. The Hall–Kier alpha value is -0.690. The van der Waals surface area contributed by atoms with E-state index in [1.54, 1.807) is 7.11 Å². The highest BCUT2D eigenvalue weighted by Gasteiger charge is 2.05. The molecule has 1 rings (SSSR count). The normalized spacial score (nSPS) is 10.4. The molecule has 0 saturated carbocycles. The van der Waals surface area contributed by atoms with E-state index in [1.165, 1.54) is 0 Å². The van der Waals surface area contributed by atoms with Gasteiger partial charge in [0.15, 0.2) is 0 Å². The van der Waals surface area contributed by atoms with Gasteiger partial charge < -0.3 is 4.74 Å². The van der Waals surface area contributed by atoms with Crippen molar-refractivity contribution in [3.05, 3.63) is 35.7 Å². The standard InChI is InChI=1S/C10H12ClO/c1-7(2)9-6-8(12-3)4-5-10(9)11/h4-7H,1H2,2-3H3. The quantitative estimate of drug-likeness (QED) is 0.684. The number of benzene rings is 1. The Labute approximate surface area is 78.3 Å². The van der Waals surface area contributed by atoms with Gasteiger partial charge in [-0.1, -0.05) is 18.5 Å². The van der Waals surface area contributed by atoms with Gasteiger partial charge in [0.2, 0.25) is 0 Å². The lowest BCUT2D eigenvalue weighted by Gasteiger charge is -2.09. The van der Waals surface area contributed by atoms with Crippen LogP contribution in [0.3, 0.4) is 0 Å². The van der Waals surface area contributed by atoms with Gasteiger partial charge in [0.05, 0.1) is 7.11 Å². The predicted octanol–water partition coefficient (Wildman–Crippen LogP) is 3.29. The highest BCUT2D eigenvalue weighted by Crippen LogP contribution is 2.27. The first-order valence-electron chi connectivity index (χ1n) is 3.81. The first-order valence-corrected chi connectivity index (χ1v) is 4.19. The fourth-order valence-electron chi connectivity index (χ4n) is 1.03. The average Bonchev–Trinajstić information content (AvgIpc) is 2.05. The second kappa shape index (κ2) is 3.81. The lowest BCUT2D eigenvalue weighted by atomic mass is 10.0. The maximum atomic E-state index is 5.95. The van der Waals surface area contributed by atoms with Crippen LogP contribution in [0.25, 0.3) is 0 Å². The minimum Gasteiger partial charge on any atom is -0.497 e. The number of ether oxygens (including phenoxy) is 1. The highest BCUT2D eigenvalue weighted by molar-refractivity contribution is 6.31. The second-order valence-corrected chi connectivity index (χ2v) is 3.20. The van der Waals surface area contributed by atoms with Gasteiger partial charge in [0.1, 0.15) is 5.75 Å². The van der Waals surface area contributed by atoms with Crippen molar-refractivity contribution >= 4 is 11.6 Å². The molecule has 0 spiro atoms. The molecule has 0 aliphatic carbocycles. The molecule has 0 aromatic heterocycles. The molecule has 0 aliphatic rings. The van der Waals surface area contributed by atoms with Crippen molar-refractivity contribution in [2.75, 3.05) is 7.11 Å². The summed E-state index contributed by atoms with van der Waals surface area (Å²) in [6.45, 7) is 5.91. The zero-order valence-corrected chi connectivity index (χ0v) is 8.06. The molecule has 0 saturated heterocycles. The van der Waals surface area contributed by atoms with Crippen LogP contribution in [-0.2, 0) is 0 Å². The van der Waals surface area contributed by atoms with Crippen molar-refractivity contribution < 1.29 is 4.74 Å². The van der Waals surface area contributed by atoms with Gasteiger partial charge in [0, 0.05) is 5.02 Å². The summed E-state index contributed by atoms with van der Waals surface area (Å²) >= 11 is 5.95. The van der Waals surface area contributed by atoms with Crippen LogP contribution in [0.2, 0.25) is 5.02 Å². The van der Waals surface area contributed by atoms with E-state index in [0.717, 1.165) is 16.3 Å². The molecule has 1 aromatic carbocycles. The average molecular weight is 184 g/mol. The van der Waals surface area contributed by atoms with E-state index >= 15 is 0 Å². The predicted molar refractivity (Wildman–Crippen MR) is 51.8 cm³/mol. The summed E-state index contributed by atoms with van der Waals surface area (Å²) < 4.78 is 5.07. The Morgan fingerprint density at radius 3 is 2.67 bits per heavy atom. The summed E-state index contributed by atoms with van der Waals surface area (Å²) in [6.07, 6.45) is 0. The van der Waals surface area contributed by atoms with Gasteiger partial charge in [-0.15, -0.1) is 0 Å². The molecule has 0 N–H and O–H groups in total. The first-order chi connectivity index (χ1) is 5.65. The van der Waals surface area contributed by atoms with Gasteiger partial charge in [0.25, 0.3) is 0 Å². The first kappa shape index (κ1) is 9.40. The Morgan fingerprint density at radius 1 is 1.50 bits per heavy atom. The second-order valence-electron chi connectivity index (χ2n) is 2.79. The molecule has 12 heavy (non-hydrogen) atoms. The maximum Gasteiger partial charge on any atom is 0.119 e. The lowest BCUT2D eigenvalue weighted by molar-refractivity contribution is 0.414. The molecule has 0 amide bonds. The Balaban J connectivity index is 3.08. The van der Waals surface area contributed by atoms with Crippen LogP contribution < -0.4 is 4.74 Å². The fourth-order valence-corrected chi connectivity index (χ4v) is 1.33. The molecule has 65 valence electrons. The lowest BCUT2D eigenvalue weighted by Crippen LogP contribution is -1.91. The van der Waals surface area contributed by atoms with Crippen molar-refractivity contribution in [3.63, 3.8) is 0 Å². The van der Waals surface area contributed by atoms with Crippen LogP contribution in [0, 0.1) is 6.92 Å². The molecule has 0 heterocycles. The smallest absolute Gasteiger partial charge is 0.119 e. The van der Waals surface area contributed by atoms with E-state index in [1.807, 2.05) is 25.1 Å². The summed E-state index contributed by atoms with van der Waals surface area (Å²) in [5.41, 5.74) is 1.02. The number of hydrogen-bond acceptors (Lipinski definition) is 1. The van der Waals surface area contributed by atoms with Gasteiger partial charge in [-0.2, -0.15) is 0 Å². The summed E-state index contributed by atoms with van der Waals surface area (Å²) in [5, 5.41) is 0.748. The van der Waals surface area contributed by atoms with Crippen LogP contribution in [0.15, 0.2) is 18.2 Å². The third kappa shape index (κ3) is 1.92. The number of hydrogen-bond donors (Lipinski definition) is 0. The van der Waals surface area contributed by atoms with Crippen molar-refractivity contribution in [2.45, 2.75) is 12.8 Å². The van der Waals surface area contributed by atoms with Crippen molar-refractivity contribution in [3.8, 4) is 5.75 Å². The van der Waals surface area contributed by atoms with E-state index in [-0.39, 0.29) is 5.92 Å². The van der Waals surface area contributed by atoms with E-state index in [2.05, 4.69) is 6.92 Å². The van der Waals surface area contributed by atoms with Crippen LogP contribution in [0.1, 0.15) is 18.4 Å². The molecule has 2 heteroatoms. The summed E-state index contributed by atoms with van der Waals surface area (Å²) in [4.78, 5) is 0. The SMILES string of the molecule is [CH2]C(C)c1cc(OC)ccc1Cl. The minimum atomic E-state index is 0.188. The van der Waals surface area contributed by atoms with Crippen molar-refractivity contribution in [2.24, 2.45) is 0 Å². The fraction of sp³-hybridized carbons (Fsp3) is 0.300. The van der Waals surface area contributed by atoms with E-state index in [4.69, 9.17) is 16.3 Å². The van der Waals surface area contributed by atoms with Gasteiger partial charge in [-0.05, 0) is 36.6 Å². The zero-order valence-electron chi connectivity index (χ0n) is 7.30. The monoisotopic (exact) mass is 183 g/mol. The number of halogens is 1. The Morgan fingerprint density at radius 2 is 2.17 bits per heavy atom. The largest absolute Gasteiger partial charge is 0.497 e. The van der Waals surface area contributed by atoms with E-state index < -0.39 is 0 Å². The molecule has 0 bridgehead atoms. The van der Waals surface area contributed by atoms with Gasteiger partial charge in [-0.25, -0.2) is 0 Å². The summed E-state index contributed by atoms with van der Waals surface area (Å²) in [5.74, 6) is 1.01. The van der Waals surface area contributed by atoms with Gasteiger partial charge in [-0.3, -0.25) is 0 Å². The van der Waals surface area contributed by atoms with Crippen LogP contribution in [0.5, 0.6) is 5.75 Å².